The number of nitrogens with one attached hydrogen (secondary N) is 1. The van der Waals surface area contributed by atoms with Crippen LogP contribution >= 0.6 is 23.7 Å². The van der Waals surface area contributed by atoms with E-state index in [1.54, 1.807) is 11.4 Å². The maximum atomic E-state index is 12.2. The first-order chi connectivity index (χ1) is 9.61. The van der Waals surface area contributed by atoms with Gasteiger partial charge in [0.2, 0.25) is 0 Å². The predicted molar refractivity (Wildman–Crippen MR) is 88.5 cm³/mol. The Labute approximate surface area is 135 Å². The molecule has 1 amide bonds. The average Bonchev–Trinajstić information content (AvgIpc) is 2.95. The molecule has 21 heavy (non-hydrogen) atoms. The van der Waals surface area contributed by atoms with Gasteiger partial charge in [-0.1, -0.05) is 19.3 Å². The second-order valence-corrected chi connectivity index (χ2v) is 6.38. The van der Waals surface area contributed by atoms with Gasteiger partial charge in [-0.05, 0) is 31.7 Å². The number of hydrogen-bond donors (Lipinski definition) is 2. The maximum Gasteiger partial charge on any atom is 0.261 e. The molecule has 1 saturated carbocycles. The smallest absolute Gasteiger partial charge is 0.261 e. The lowest BCUT2D eigenvalue weighted by atomic mass is 9.84. The second kappa shape index (κ2) is 8.51. The molecular weight excluding hydrogens is 308 g/mol. The largest absolute Gasteiger partial charge is 0.347 e. The molecule has 4 nitrogen and oxygen atoms in total. The summed E-state index contributed by atoms with van der Waals surface area (Å²) in [4.78, 5) is 24.1. The zero-order chi connectivity index (χ0) is 14.5. The van der Waals surface area contributed by atoms with E-state index < -0.39 is 0 Å². The number of hydrogen-bond acceptors (Lipinski definition) is 4. The summed E-state index contributed by atoms with van der Waals surface area (Å²) in [5.74, 6) is 0.372. The highest BCUT2D eigenvalue weighted by Crippen LogP contribution is 2.26. The topological polar surface area (TPSA) is 72.2 Å². The van der Waals surface area contributed by atoms with Gasteiger partial charge in [-0.25, -0.2) is 0 Å². The van der Waals surface area contributed by atoms with Gasteiger partial charge in [0.1, 0.15) is 0 Å². The van der Waals surface area contributed by atoms with E-state index in [1.807, 2.05) is 0 Å². The molecule has 0 bridgehead atoms. The van der Waals surface area contributed by atoms with Crippen molar-refractivity contribution in [3.05, 3.63) is 21.9 Å². The standard InChI is InChI=1S/C15H22N2O2S.ClH/c1-10(18)12-7-14(20-9-12)15(19)17-13(8-16)11-5-3-2-4-6-11;/h7,9,11,13H,2-6,8,16H2,1H3,(H,17,19);1H. The quantitative estimate of drug-likeness (QED) is 0.815. The highest BCUT2D eigenvalue weighted by molar-refractivity contribution is 7.12. The molecule has 1 aliphatic rings. The molecule has 1 aliphatic carbocycles. The molecule has 1 unspecified atom stereocenters. The van der Waals surface area contributed by atoms with Crippen LogP contribution < -0.4 is 11.1 Å². The fourth-order valence-electron chi connectivity index (χ4n) is 2.79. The molecule has 2 rings (SSSR count). The molecule has 0 aromatic carbocycles. The van der Waals surface area contributed by atoms with E-state index in [9.17, 15) is 9.59 Å². The predicted octanol–water partition coefficient (Wildman–Crippen LogP) is 3.01. The number of nitrogens with two attached hydrogens (primary N) is 1. The summed E-state index contributed by atoms with van der Waals surface area (Å²) in [6.07, 6.45) is 6.03. The lowest BCUT2D eigenvalue weighted by Gasteiger charge is -2.29. The first-order valence-corrected chi connectivity index (χ1v) is 8.10. The molecule has 0 saturated heterocycles. The SMILES string of the molecule is CC(=O)c1csc(C(=O)NC(CN)C2CCCCC2)c1.Cl. The third-order valence-corrected chi connectivity index (χ3v) is 4.95. The van der Waals surface area contributed by atoms with E-state index in [2.05, 4.69) is 5.32 Å². The average molecular weight is 331 g/mol. The molecule has 1 aromatic heterocycles. The van der Waals surface area contributed by atoms with Crippen molar-refractivity contribution in [1.82, 2.24) is 5.32 Å². The molecule has 3 N–H and O–H groups in total. The first kappa shape index (κ1) is 18.1. The van der Waals surface area contributed by atoms with E-state index in [-0.39, 0.29) is 30.1 Å². The van der Waals surface area contributed by atoms with Gasteiger partial charge in [0, 0.05) is 23.5 Å². The number of ketones is 1. The van der Waals surface area contributed by atoms with Crippen molar-refractivity contribution in [2.75, 3.05) is 6.54 Å². The normalized spacial score (nSPS) is 16.9. The zero-order valence-corrected chi connectivity index (χ0v) is 13.9. The van der Waals surface area contributed by atoms with Gasteiger partial charge in [-0.2, -0.15) is 0 Å². The summed E-state index contributed by atoms with van der Waals surface area (Å²) in [6.45, 7) is 1.98. The molecule has 0 radical (unpaired) electrons. The van der Waals surface area contributed by atoms with Gasteiger partial charge in [-0.15, -0.1) is 23.7 Å². The number of rotatable bonds is 5. The third-order valence-electron chi connectivity index (χ3n) is 4.02. The fourth-order valence-corrected chi connectivity index (χ4v) is 3.63. The highest BCUT2D eigenvalue weighted by atomic mass is 35.5. The Balaban J connectivity index is 0.00000220. The van der Waals surface area contributed by atoms with Crippen molar-refractivity contribution in [3.63, 3.8) is 0 Å². The Morgan fingerprint density at radius 2 is 2.05 bits per heavy atom. The van der Waals surface area contributed by atoms with Crippen LogP contribution in [-0.2, 0) is 0 Å². The Hall–Kier alpha value is -0.910. The van der Waals surface area contributed by atoms with E-state index in [4.69, 9.17) is 5.73 Å². The molecular formula is C15H23ClN2O2S. The minimum atomic E-state index is -0.108. The van der Waals surface area contributed by atoms with Crippen LogP contribution in [0.5, 0.6) is 0 Å². The second-order valence-electron chi connectivity index (χ2n) is 5.47. The summed E-state index contributed by atoms with van der Waals surface area (Å²) in [5.41, 5.74) is 6.42. The van der Waals surface area contributed by atoms with Gasteiger partial charge in [-0.3, -0.25) is 9.59 Å². The molecule has 1 atom stereocenters. The molecule has 0 aliphatic heterocycles. The summed E-state index contributed by atoms with van der Waals surface area (Å²) in [7, 11) is 0. The van der Waals surface area contributed by atoms with Gasteiger partial charge in [0.25, 0.3) is 5.91 Å². The number of carbonyl (C=O) groups excluding carboxylic acids is 2. The molecule has 6 heteroatoms. The van der Waals surface area contributed by atoms with Gasteiger partial charge in [0.05, 0.1) is 4.88 Å². The van der Waals surface area contributed by atoms with Gasteiger partial charge < -0.3 is 11.1 Å². The minimum absolute atomic E-state index is 0. The highest BCUT2D eigenvalue weighted by Gasteiger charge is 2.24. The van der Waals surface area contributed by atoms with E-state index in [0.717, 1.165) is 12.8 Å². The van der Waals surface area contributed by atoms with Crippen molar-refractivity contribution in [1.29, 1.82) is 0 Å². The van der Waals surface area contributed by atoms with Crippen molar-refractivity contribution in [2.45, 2.75) is 45.1 Å². The maximum absolute atomic E-state index is 12.2. The number of halogens is 1. The van der Waals surface area contributed by atoms with E-state index in [1.165, 1.54) is 37.5 Å². The summed E-state index contributed by atoms with van der Waals surface area (Å²) in [5, 5.41) is 4.77. The monoisotopic (exact) mass is 330 g/mol. The Morgan fingerprint density at radius 3 is 2.57 bits per heavy atom. The Kier molecular flexibility index (Phi) is 7.35. The van der Waals surface area contributed by atoms with Crippen LogP contribution in [0.15, 0.2) is 11.4 Å². The van der Waals surface area contributed by atoms with Crippen molar-refractivity contribution >= 4 is 35.4 Å². The zero-order valence-electron chi connectivity index (χ0n) is 12.3. The van der Waals surface area contributed by atoms with Crippen LogP contribution in [0.2, 0.25) is 0 Å². The minimum Gasteiger partial charge on any atom is -0.347 e. The van der Waals surface area contributed by atoms with Crippen LogP contribution in [0.1, 0.15) is 59.1 Å². The van der Waals surface area contributed by atoms with E-state index >= 15 is 0 Å². The van der Waals surface area contributed by atoms with Gasteiger partial charge >= 0.3 is 0 Å². The number of amides is 1. The molecule has 0 spiro atoms. The van der Waals surface area contributed by atoms with Crippen molar-refractivity contribution in [2.24, 2.45) is 11.7 Å². The van der Waals surface area contributed by atoms with Crippen LogP contribution in [0.25, 0.3) is 0 Å². The van der Waals surface area contributed by atoms with Crippen LogP contribution in [-0.4, -0.2) is 24.3 Å². The van der Waals surface area contributed by atoms with Gasteiger partial charge in [0.15, 0.2) is 5.78 Å². The molecule has 1 heterocycles. The molecule has 1 aromatic rings. The third kappa shape index (κ3) is 4.80. The van der Waals surface area contributed by atoms with Crippen LogP contribution in [0.4, 0.5) is 0 Å². The van der Waals surface area contributed by atoms with Crippen LogP contribution in [0, 0.1) is 5.92 Å². The molecule has 118 valence electrons. The summed E-state index contributed by atoms with van der Waals surface area (Å²) < 4.78 is 0. The fraction of sp³-hybridized carbons (Fsp3) is 0.600. The summed E-state index contributed by atoms with van der Waals surface area (Å²) in [6, 6.07) is 1.71. The first-order valence-electron chi connectivity index (χ1n) is 7.22. The van der Waals surface area contributed by atoms with E-state index in [0.29, 0.717) is 22.9 Å². The van der Waals surface area contributed by atoms with Crippen molar-refractivity contribution < 1.29 is 9.59 Å². The lowest BCUT2D eigenvalue weighted by Crippen LogP contribution is -2.45. The summed E-state index contributed by atoms with van der Waals surface area (Å²) >= 11 is 1.31. The van der Waals surface area contributed by atoms with Crippen molar-refractivity contribution in [3.8, 4) is 0 Å². The number of Topliss-reactive ketones (excluding diaryl/α,β-unsaturated/α-hetero) is 1. The van der Waals surface area contributed by atoms with Crippen LogP contribution in [0.3, 0.4) is 0 Å². The number of thiophene rings is 1. The Morgan fingerprint density at radius 1 is 1.38 bits per heavy atom. The number of carbonyl (C=O) groups is 2. The lowest BCUT2D eigenvalue weighted by molar-refractivity contribution is 0.0919. The Bertz CT molecular complexity index is 484. The molecule has 1 fully saturated rings.